The quantitative estimate of drug-likeness (QED) is 0.215. The van der Waals surface area contributed by atoms with Gasteiger partial charge in [0.2, 0.25) is 0 Å². The molecule has 7 aromatic carbocycles. The third-order valence-electron chi connectivity index (χ3n) is 9.44. The number of rotatable bonds is 5. The lowest BCUT2D eigenvalue weighted by Crippen LogP contribution is -2.55. The van der Waals surface area contributed by atoms with Gasteiger partial charge in [0, 0.05) is 5.69 Å². The highest BCUT2D eigenvalue weighted by atomic mass is 15.1. The number of hydrogen-bond acceptors (Lipinski definition) is 1. The van der Waals surface area contributed by atoms with E-state index in [9.17, 15) is 0 Å². The predicted molar refractivity (Wildman–Crippen MR) is 218 cm³/mol. The maximum absolute atomic E-state index is 6.61. The van der Waals surface area contributed by atoms with Crippen molar-refractivity contribution in [1.82, 2.24) is 9.55 Å². The first kappa shape index (κ1) is 32.3. The highest BCUT2D eigenvalue weighted by Gasteiger charge is 2.24. The lowest BCUT2D eigenvalue weighted by molar-refractivity contribution is 0.930. The van der Waals surface area contributed by atoms with Gasteiger partial charge in [-0.2, -0.15) is 0 Å². The summed E-state index contributed by atoms with van der Waals surface area (Å²) in [6.07, 6.45) is 0. The van der Waals surface area contributed by atoms with Gasteiger partial charge in [-0.15, -0.1) is 16.4 Å². The Hall–Kier alpha value is -4.95. The Morgan fingerprint density at radius 2 is 0.940 bits per heavy atom. The van der Waals surface area contributed by atoms with E-state index in [1.807, 2.05) is 83.4 Å². The fourth-order valence-corrected chi connectivity index (χ4v) is 7.17. The summed E-state index contributed by atoms with van der Waals surface area (Å²) in [4.78, 5) is 4.72. The summed E-state index contributed by atoms with van der Waals surface area (Å²) in [7, 11) is 50.9. The monoisotopic (exact) mass is 616 g/mol. The van der Waals surface area contributed by atoms with E-state index in [4.69, 9.17) is 67.8 Å². The fourth-order valence-electron chi connectivity index (χ4n) is 7.17. The Bertz CT molecular complexity index is 2570. The number of imidazole rings is 1. The van der Waals surface area contributed by atoms with Crippen molar-refractivity contribution in [2.45, 2.75) is 5.11 Å². The molecule has 50 heavy (non-hydrogen) atoms. The highest BCUT2D eigenvalue weighted by molar-refractivity contribution is 6.68. The van der Waals surface area contributed by atoms with Crippen molar-refractivity contribution in [3.8, 4) is 39.1 Å². The van der Waals surface area contributed by atoms with Crippen LogP contribution in [0.5, 0.6) is 0 Å². The van der Waals surface area contributed by atoms with Crippen molar-refractivity contribution in [3.05, 3.63) is 127 Å². The van der Waals surface area contributed by atoms with Crippen LogP contribution in [-0.4, -0.2) is 72.3 Å². The molecule has 0 aliphatic rings. The predicted octanol–water partition coefficient (Wildman–Crippen LogP) is 2.92. The highest BCUT2D eigenvalue weighted by Crippen LogP contribution is 2.46. The summed E-state index contributed by atoms with van der Waals surface area (Å²) < 4.78 is 1.92. The van der Waals surface area contributed by atoms with Crippen molar-refractivity contribution in [1.29, 1.82) is 0 Å². The SMILES string of the molecule is [B]c1c([B])c([B])c(-c2ccccc2-c2c3ccccc3c(-c3cccc(-n4c(C([B])([B])[B])nc5ccccc54)c3)c3ccccc23)c([B])c1[B]. The summed E-state index contributed by atoms with van der Waals surface area (Å²) in [6, 6.07) is 40.7. The number of hydrogen-bond donors (Lipinski definition) is 0. The molecule has 0 aliphatic heterocycles. The van der Waals surface area contributed by atoms with E-state index in [2.05, 4.69) is 42.5 Å². The maximum atomic E-state index is 6.61. The molecule has 0 saturated carbocycles. The molecule has 8 rings (SSSR count). The van der Waals surface area contributed by atoms with Gasteiger partial charge in [0.05, 0.1) is 40.4 Å². The van der Waals surface area contributed by atoms with E-state index < -0.39 is 5.11 Å². The summed E-state index contributed by atoms with van der Waals surface area (Å²) in [5.41, 5.74) is 8.88. The average Bonchev–Trinajstić information content (AvgIpc) is 3.53. The van der Waals surface area contributed by atoms with Gasteiger partial charge in [-0.05, 0) is 79.2 Å². The van der Waals surface area contributed by atoms with Crippen LogP contribution in [0.4, 0.5) is 0 Å². The second-order valence-corrected chi connectivity index (χ2v) is 12.6. The van der Waals surface area contributed by atoms with E-state index in [1.165, 1.54) is 0 Å². The summed E-state index contributed by atoms with van der Waals surface area (Å²) in [5.74, 6) is 0.347. The molecule has 2 nitrogen and oxygen atoms in total. The minimum absolute atomic E-state index is 0.176. The number of benzene rings is 7. The minimum atomic E-state index is -1.67. The Morgan fingerprint density at radius 3 is 1.52 bits per heavy atom. The van der Waals surface area contributed by atoms with Crippen LogP contribution in [0.1, 0.15) is 5.82 Å². The third-order valence-corrected chi connectivity index (χ3v) is 9.44. The number of fused-ring (bicyclic) bond motifs is 3. The van der Waals surface area contributed by atoms with Crippen LogP contribution in [-0.2, 0) is 5.11 Å². The lowest BCUT2D eigenvalue weighted by atomic mass is 9.42. The molecular weight excluding hydrogens is 595 g/mol. The summed E-state index contributed by atoms with van der Waals surface area (Å²) in [6.45, 7) is 0. The molecular formula is C40H20B8N2. The molecule has 10 heteroatoms. The van der Waals surface area contributed by atoms with Crippen molar-refractivity contribution in [2.75, 3.05) is 0 Å². The Balaban J connectivity index is 1.43. The smallest absolute Gasteiger partial charge is 0.113 e. The van der Waals surface area contributed by atoms with Gasteiger partial charge in [-0.3, -0.25) is 4.57 Å². The zero-order chi connectivity index (χ0) is 34.9. The Morgan fingerprint density at radius 1 is 0.460 bits per heavy atom. The number of aromatic nitrogens is 2. The van der Waals surface area contributed by atoms with E-state index >= 15 is 0 Å². The van der Waals surface area contributed by atoms with Crippen molar-refractivity contribution in [2.24, 2.45) is 0 Å². The molecule has 0 bridgehead atoms. The molecule has 0 aliphatic carbocycles. The lowest BCUT2D eigenvalue weighted by Gasteiger charge is -2.25. The third kappa shape index (κ3) is 5.03. The maximum Gasteiger partial charge on any atom is 0.113 e. The molecule has 0 amide bonds. The number of nitrogens with zero attached hydrogens (tertiary/aromatic N) is 2. The van der Waals surface area contributed by atoms with Crippen LogP contribution in [0.2, 0.25) is 0 Å². The van der Waals surface area contributed by atoms with Crippen LogP contribution >= 0.6 is 0 Å². The Kier molecular flexibility index (Phi) is 7.83. The fraction of sp³-hybridized carbons (Fsp3) is 0.0250. The van der Waals surface area contributed by atoms with Crippen LogP contribution in [0, 0.1) is 0 Å². The second kappa shape index (κ2) is 12.1. The van der Waals surface area contributed by atoms with E-state index in [-0.39, 0.29) is 27.3 Å². The standard InChI is InChI=1S/C40H20B8N2/c41-34-33(35(42)37(44)38(45)36(34)43)28-17-6-5-16-27(28)32-25-14-3-1-12-23(25)31(24-13-2-4-15-26(24)32)21-10-9-11-22(20-21)50-30-19-8-7-18-29(30)49-39(50)40(46,47)48/h1-20H. The molecule has 0 atom stereocenters. The van der Waals surface area contributed by atoms with Gasteiger partial charge in [0.1, 0.15) is 39.2 Å². The topological polar surface area (TPSA) is 17.8 Å². The molecule has 0 unspecified atom stereocenters. The molecule has 1 aromatic heterocycles. The minimum Gasteiger partial charge on any atom is -0.298 e. The van der Waals surface area contributed by atoms with Crippen LogP contribution in [0.25, 0.3) is 71.6 Å². The largest absolute Gasteiger partial charge is 0.298 e. The van der Waals surface area contributed by atoms with E-state index in [0.717, 1.165) is 66.1 Å². The zero-order valence-electron chi connectivity index (χ0n) is 27.1. The van der Waals surface area contributed by atoms with Gasteiger partial charge in [-0.25, -0.2) is 4.98 Å². The number of para-hydroxylation sites is 2. The van der Waals surface area contributed by atoms with Gasteiger partial charge in [0.15, 0.2) is 0 Å². The molecule has 0 spiro atoms. The van der Waals surface area contributed by atoms with Crippen molar-refractivity contribution < 1.29 is 0 Å². The van der Waals surface area contributed by atoms with Crippen LogP contribution in [0.15, 0.2) is 121 Å². The first-order valence-electron chi connectivity index (χ1n) is 16.1. The molecule has 0 N–H and O–H groups in total. The second-order valence-electron chi connectivity index (χ2n) is 12.6. The molecule has 0 fully saturated rings. The van der Waals surface area contributed by atoms with E-state index in [1.54, 1.807) is 0 Å². The summed E-state index contributed by atoms with van der Waals surface area (Å²) in [5, 5.41) is 2.49. The van der Waals surface area contributed by atoms with Gasteiger partial charge < -0.3 is 0 Å². The molecule has 1 heterocycles. The van der Waals surface area contributed by atoms with Gasteiger partial charge in [0.25, 0.3) is 0 Å². The van der Waals surface area contributed by atoms with Crippen molar-refractivity contribution >= 4 is 123 Å². The first-order chi connectivity index (χ1) is 24.1. The molecule has 16 radical (unpaired) electrons. The van der Waals surface area contributed by atoms with Crippen LogP contribution < -0.4 is 27.3 Å². The molecule has 8 aromatic rings. The Labute approximate surface area is 302 Å². The van der Waals surface area contributed by atoms with Crippen molar-refractivity contribution in [3.63, 3.8) is 0 Å². The van der Waals surface area contributed by atoms with Gasteiger partial charge in [-0.1, -0.05) is 113 Å². The zero-order valence-corrected chi connectivity index (χ0v) is 27.1. The average molecular weight is 615 g/mol. The normalized spacial score (nSPS) is 11.8. The molecule has 0 saturated heterocycles. The van der Waals surface area contributed by atoms with E-state index in [0.29, 0.717) is 11.4 Å². The first-order valence-corrected chi connectivity index (χ1v) is 16.1. The summed E-state index contributed by atoms with van der Waals surface area (Å²) >= 11 is 0. The molecule has 214 valence electrons. The van der Waals surface area contributed by atoms with Gasteiger partial charge >= 0.3 is 0 Å². The van der Waals surface area contributed by atoms with Crippen LogP contribution in [0.3, 0.4) is 0 Å².